The van der Waals surface area contributed by atoms with Gasteiger partial charge in [-0.25, -0.2) is 4.98 Å². The molecule has 0 spiro atoms. The van der Waals surface area contributed by atoms with E-state index >= 15 is 0 Å². The number of pyridine rings is 1. The molecule has 0 saturated heterocycles. The first-order valence-electron chi connectivity index (χ1n) is 7.75. The summed E-state index contributed by atoms with van der Waals surface area (Å²) in [6.07, 6.45) is 4.37. The van der Waals surface area contributed by atoms with Gasteiger partial charge >= 0.3 is 0 Å². The van der Waals surface area contributed by atoms with Crippen molar-refractivity contribution in [1.82, 2.24) is 4.98 Å². The van der Waals surface area contributed by atoms with Crippen molar-refractivity contribution in [2.45, 2.75) is 39.5 Å². The average molecular weight is 286 g/mol. The van der Waals surface area contributed by atoms with Gasteiger partial charge in [-0.1, -0.05) is 0 Å². The van der Waals surface area contributed by atoms with Crippen LogP contribution in [0.1, 0.15) is 37.9 Å². The molecule has 1 aromatic carbocycles. The highest BCUT2D eigenvalue weighted by Gasteiger charge is 2.21. The molecule has 0 bridgehead atoms. The first-order chi connectivity index (χ1) is 10.3. The number of anilines is 1. The van der Waals surface area contributed by atoms with Crippen molar-refractivity contribution in [3.05, 3.63) is 23.4 Å². The first kappa shape index (κ1) is 14.0. The summed E-state index contributed by atoms with van der Waals surface area (Å²) in [5, 5.41) is 0.906. The van der Waals surface area contributed by atoms with Gasteiger partial charge in [-0.2, -0.15) is 0 Å². The summed E-state index contributed by atoms with van der Waals surface area (Å²) in [4.78, 5) is 4.85. The number of hydrogen-bond acceptors (Lipinski definition) is 4. The second-order valence-corrected chi connectivity index (χ2v) is 5.31. The Morgan fingerprint density at radius 1 is 1.05 bits per heavy atom. The molecule has 1 aliphatic rings. The van der Waals surface area contributed by atoms with Gasteiger partial charge in [-0.15, -0.1) is 0 Å². The maximum atomic E-state index is 6.46. The minimum absolute atomic E-state index is 0.611. The highest BCUT2D eigenvalue weighted by molar-refractivity contribution is 6.00. The van der Waals surface area contributed by atoms with Gasteiger partial charge in [0.1, 0.15) is 17.0 Å². The van der Waals surface area contributed by atoms with Crippen LogP contribution in [-0.4, -0.2) is 18.2 Å². The molecule has 0 unspecified atom stereocenters. The lowest BCUT2D eigenvalue weighted by molar-refractivity contribution is 0.336. The zero-order valence-electron chi connectivity index (χ0n) is 12.7. The number of aromatic nitrogens is 1. The van der Waals surface area contributed by atoms with Gasteiger partial charge < -0.3 is 15.2 Å². The van der Waals surface area contributed by atoms with Gasteiger partial charge in [-0.3, -0.25) is 0 Å². The van der Waals surface area contributed by atoms with Crippen LogP contribution < -0.4 is 15.2 Å². The second kappa shape index (κ2) is 5.80. The molecule has 1 aliphatic carbocycles. The Morgan fingerprint density at radius 3 is 2.48 bits per heavy atom. The highest BCUT2D eigenvalue weighted by atomic mass is 16.5. The lowest BCUT2D eigenvalue weighted by atomic mass is 9.92. The quantitative estimate of drug-likeness (QED) is 0.934. The fourth-order valence-corrected chi connectivity index (χ4v) is 3.06. The van der Waals surface area contributed by atoms with E-state index in [4.69, 9.17) is 20.2 Å². The van der Waals surface area contributed by atoms with Gasteiger partial charge in [0.05, 0.1) is 18.6 Å². The van der Waals surface area contributed by atoms with Crippen molar-refractivity contribution >= 4 is 16.6 Å². The maximum Gasteiger partial charge on any atom is 0.145 e. The van der Waals surface area contributed by atoms with Crippen LogP contribution in [0.2, 0.25) is 0 Å². The topological polar surface area (TPSA) is 57.4 Å². The number of nitrogens with zero attached hydrogens (tertiary/aromatic N) is 1. The smallest absolute Gasteiger partial charge is 0.145 e. The van der Waals surface area contributed by atoms with Crippen molar-refractivity contribution in [1.29, 1.82) is 0 Å². The van der Waals surface area contributed by atoms with Crippen molar-refractivity contribution in [3.8, 4) is 11.5 Å². The Balaban J connectivity index is 2.29. The van der Waals surface area contributed by atoms with Crippen LogP contribution in [0.5, 0.6) is 11.5 Å². The van der Waals surface area contributed by atoms with E-state index in [0.29, 0.717) is 13.2 Å². The van der Waals surface area contributed by atoms with E-state index in [1.54, 1.807) is 0 Å². The SMILES string of the molecule is CCOc1ccc(OCC)c2c(N)c3c(nc12)CCCC3. The van der Waals surface area contributed by atoms with Crippen LogP contribution >= 0.6 is 0 Å². The molecule has 3 rings (SSSR count). The second-order valence-electron chi connectivity index (χ2n) is 5.31. The molecular formula is C17H22N2O2. The van der Waals surface area contributed by atoms with Crippen LogP contribution in [-0.2, 0) is 12.8 Å². The summed E-state index contributed by atoms with van der Waals surface area (Å²) >= 11 is 0. The summed E-state index contributed by atoms with van der Waals surface area (Å²) in [5.41, 5.74) is 10.4. The Labute approximate surface area is 125 Å². The molecule has 112 valence electrons. The monoisotopic (exact) mass is 286 g/mol. The number of nitrogen functional groups attached to an aromatic ring is 1. The number of aryl methyl sites for hydroxylation is 1. The standard InChI is InChI=1S/C17H22N2O2/c1-3-20-13-9-10-14(21-4-2)17-15(13)16(18)11-7-5-6-8-12(11)19-17/h9-10H,3-8H2,1-2H3,(H2,18,19). The summed E-state index contributed by atoms with van der Waals surface area (Å²) in [6, 6.07) is 3.86. The van der Waals surface area contributed by atoms with Gasteiger partial charge in [0.25, 0.3) is 0 Å². The molecule has 0 radical (unpaired) electrons. The average Bonchev–Trinajstić information content (AvgIpc) is 2.50. The fourth-order valence-electron chi connectivity index (χ4n) is 3.06. The number of fused-ring (bicyclic) bond motifs is 2. The third kappa shape index (κ3) is 2.39. The Kier molecular flexibility index (Phi) is 3.86. The highest BCUT2D eigenvalue weighted by Crippen LogP contribution is 2.40. The summed E-state index contributed by atoms with van der Waals surface area (Å²) < 4.78 is 11.5. The van der Waals surface area contributed by atoms with E-state index in [2.05, 4.69) is 0 Å². The largest absolute Gasteiger partial charge is 0.493 e. The number of rotatable bonds is 4. The van der Waals surface area contributed by atoms with E-state index in [9.17, 15) is 0 Å². The third-order valence-electron chi connectivity index (χ3n) is 3.98. The zero-order valence-corrected chi connectivity index (χ0v) is 12.7. The molecule has 2 aromatic rings. The Bertz CT molecular complexity index is 668. The molecule has 4 heteroatoms. The minimum atomic E-state index is 0.611. The number of nitrogens with two attached hydrogens (primary N) is 1. The van der Waals surface area contributed by atoms with Crippen molar-refractivity contribution in [2.24, 2.45) is 0 Å². The van der Waals surface area contributed by atoms with Gasteiger partial charge in [-0.05, 0) is 57.2 Å². The van der Waals surface area contributed by atoms with Crippen LogP contribution in [0.15, 0.2) is 12.1 Å². The fraction of sp³-hybridized carbons (Fsp3) is 0.471. The van der Waals surface area contributed by atoms with E-state index in [1.807, 2.05) is 26.0 Å². The van der Waals surface area contributed by atoms with Crippen molar-refractivity contribution < 1.29 is 9.47 Å². The number of ether oxygens (including phenoxy) is 2. The number of benzene rings is 1. The summed E-state index contributed by atoms with van der Waals surface area (Å²) in [7, 11) is 0. The van der Waals surface area contributed by atoms with Gasteiger partial charge in [0.2, 0.25) is 0 Å². The molecule has 1 heterocycles. The predicted octanol–water partition coefficient (Wildman–Crippen LogP) is 3.49. The molecular weight excluding hydrogens is 264 g/mol. The molecule has 1 aromatic heterocycles. The normalized spacial score (nSPS) is 14.0. The van der Waals surface area contributed by atoms with Crippen LogP contribution in [0.4, 0.5) is 5.69 Å². The molecule has 0 saturated carbocycles. The van der Waals surface area contributed by atoms with Crippen LogP contribution in [0.3, 0.4) is 0 Å². The first-order valence-corrected chi connectivity index (χ1v) is 7.75. The molecule has 0 atom stereocenters. The van der Waals surface area contributed by atoms with E-state index in [0.717, 1.165) is 46.6 Å². The maximum absolute atomic E-state index is 6.46. The summed E-state index contributed by atoms with van der Waals surface area (Å²) in [6.45, 7) is 5.18. The van der Waals surface area contributed by atoms with Crippen LogP contribution in [0.25, 0.3) is 10.9 Å². The molecule has 0 amide bonds. The minimum Gasteiger partial charge on any atom is -0.493 e. The predicted molar refractivity (Wildman–Crippen MR) is 85.1 cm³/mol. The Morgan fingerprint density at radius 2 is 1.71 bits per heavy atom. The summed E-state index contributed by atoms with van der Waals surface area (Å²) in [5.74, 6) is 1.59. The van der Waals surface area contributed by atoms with Crippen LogP contribution in [0, 0.1) is 0 Å². The van der Waals surface area contributed by atoms with E-state index in [-0.39, 0.29) is 0 Å². The van der Waals surface area contributed by atoms with Gasteiger partial charge in [0.15, 0.2) is 0 Å². The van der Waals surface area contributed by atoms with Crippen molar-refractivity contribution in [2.75, 3.05) is 18.9 Å². The molecule has 4 nitrogen and oxygen atoms in total. The zero-order chi connectivity index (χ0) is 14.8. The lowest BCUT2D eigenvalue weighted by Crippen LogP contribution is -2.11. The molecule has 0 fully saturated rings. The third-order valence-corrected chi connectivity index (χ3v) is 3.98. The molecule has 2 N–H and O–H groups in total. The van der Waals surface area contributed by atoms with E-state index in [1.165, 1.54) is 18.4 Å². The Hall–Kier alpha value is -1.97. The van der Waals surface area contributed by atoms with Gasteiger partial charge in [0, 0.05) is 11.4 Å². The number of hydrogen-bond donors (Lipinski definition) is 1. The molecule has 0 aliphatic heterocycles. The van der Waals surface area contributed by atoms with E-state index < -0.39 is 0 Å². The lowest BCUT2D eigenvalue weighted by Gasteiger charge is -2.21. The molecule has 21 heavy (non-hydrogen) atoms. The van der Waals surface area contributed by atoms with Crippen molar-refractivity contribution in [3.63, 3.8) is 0 Å².